The van der Waals surface area contributed by atoms with Crippen LogP contribution in [0, 0.1) is 5.92 Å². The van der Waals surface area contributed by atoms with Crippen LogP contribution in [-0.4, -0.2) is 36.0 Å². The van der Waals surface area contributed by atoms with Crippen molar-refractivity contribution in [3.8, 4) is 0 Å². The molecule has 2 aromatic carbocycles. The molecule has 0 saturated heterocycles. The molecule has 7 nitrogen and oxygen atoms in total. The van der Waals surface area contributed by atoms with Gasteiger partial charge in [0, 0.05) is 6.16 Å². The van der Waals surface area contributed by atoms with Crippen LogP contribution in [0.4, 0.5) is 4.79 Å². The highest BCUT2D eigenvalue weighted by Gasteiger charge is 2.37. The Balaban J connectivity index is 2.01. The molecule has 0 aliphatic heterocycles. The van der Waals surface area contributed by atoms with Crippen molar-refractivity contribution in [3.63, 3.8) is 0 Å². The van der Waals surface area contributed by atoms with Gasteiger partial charge in [0.05, 0.1) is 13.0 Å². The van der Waals surface area contributed by atoms with E-state index < -0.39 is 31.1 Å². The van der Waals surface area contributed by atoms with Gasteiger partial charge in [-0.05, 0) is 24.0 Å². The second-order valence-electron chi connectivity index (χ2n) is 6.98. The lowest BCUT2D eigenvalue weighted by Crippen LogP contribution is -2.37. The number of esters is 1. The molecule has 30 heavy (non-hydrogen) atoms. The third-order valence-corrected chi connectivity index (χ3v) is 7.14. The Morgan fingerprint density at radius 3 is 2.13 bits per heavy atom. The topological polar surface area (TPSA) is 102 Å². The van der Waals surface area contributed by atoms with Gasteiger partial charge in [-0.2, -0.15) is 0 Å². The first kappa shape index (κ1) is 23.6. The van der Waals surface area contributed by atoms with E-state index in [1.54, 1.807) is 6.92 Å². The van der Waals surface area contributed by atoms with Gasteiger partial charge in [-0.3, -0.25) is 9.36 Å². The quantitative estimate of drug-likeness (QED) is 0.435. The number of alkyl carbamates (subject to hydrolysis) is 1. The van der Waals surface area contributed by atoms with Gasteiger partial charge in [-0.25, -0.2) is 4.79 Å². The SMILES string of the molecule is CCC(NC(=O)OCc1ccccc1)P(=O)(O)CC(Cc1ccccc1)C(=O)OC. The van der Waals surface area contributed by atoms with Crippen molar-refractivity contribution in [2.24, 2.45) is 5.92 Å². The summed E-state index contributed by atoms with van der Waals surface area (Å²) in [5.41, 5.74) is 1.66. The minimum atomic E-state index is -3.93. The van der Waals surface area contributed by atoms with E-state index in [4.69, 9.17) is 9.47 Å². The monoisotopic (exact) mass is 433 g/mol. The lowest BCUT2D eigenvalue weighted by atomic mass is 10.0. The molecule has 2 N–H and O–H groups in total. The third kappa shape index (κ3) is 7.32. The van der Waals surface area contributed by atoms with Gasteiger partial charge in [0.25, 0.3) is 0 Å². The highest BCUT2D eigenvalue weighted by Crippen LogP contribution is 2.48. The van der Waals surface area contributed by atoms with Crippen molar-refractivity contribution in [3.05, 3.63) is 71.8 Å². The molecule has 0 radical (unpaired) electrons. The lowest BCUT2D eigenvalue weighted by molar-refractivity contribution is -0.144. The maximum absolute atomic E-state index is 13.1. The average molecular weight is 433 g/mol. The summed E-state index contributed by atoms with van der Waals surface area (Å²) >= 11 is 0. The summed E-state index contributed by atoms with van der Waals surface area (Å²) in [7, 11) is -2.68. The van der Waals surface area contributed by atoms with Gasteiger partial charge in [-0.1, -0.05) is 67.6 Å². The van der Waals surface area contributed by atoms with Crippen molar-refractivity contribution in [2.45, 2.75) is 32.2 Å². The molecule has 0 bridgehead atoms. The number of rotatable bonds is 10. The summed E-state index contributed by atoms with van der Waals surface area (Å²) in [6.07, 6.45) is -0.593. The number of hydrogen-bond donors (Lipinski definition) is 2. The molecule has 8 heteroatoms. The average Bonchev–Trinajstić information content (AvgIpc) is 2.76. The normalized spacial score (nSPS) is 14.8. The Morgan fingerprint density at radius 1 is 1.03 bits per heavy atom. The van der Waals surface area contributed by atoms with Crippen molar-refractivity contribution in [1.82, 2.24) is 5.32 Å². The zero-order valence-electron chi connectivity index (χ0n) is 17.2. The lowest BCUT2D eigenvalue weighted by Gasteiger charge is -2.25. The Morgan fingerprint density at radius 2 is 1.60 bits per heavy atom. The summed E-state index contributed by atoms with van der Waals surface area (Å²) in [5.74, 6) is -2.39. The number of carbonyl (C=O) groups excluding carboxylic acids is 2. The third-order valence-electron chi connectivity index (χ3n) is 4.71. The van der Waals surface area contributed by atoms with Crippen LogP contribution in [0.3, 0.4) is 0 Å². The number of nitrogens with one attached hydrogen (secondary N) is 1. The molecule has 3 atom stereocenters. The molecule has 2 aromatic rings. The van der Waals surface area contributed by atoms with Crippen molar-refractivity contribution >= 4 is 19.4 Å². The van der Waals surface area contributed by atoms with E-state index in [2.05, 4.69) is 5.32 Å². The smallest absolute Gasteiger partial charge is 0.408 e. The van der Waals surface area contributed by atoms with Crippen molar-refractivity contribution in [2.75, 3.05) is 13.3 Å². The first-order valence-corrected chi connectivity index (χ1v) is 11.7. The van der Waals surface area contributed by atoms with E-state index in [0.717, 1.165) is 11.1 Å². The first-order valence-electron chi connectivity index (χ1n) is 9.76. The minimum absolute atomic E-state index is 0.0532. The van der Waals surface area contributed by atoms with Gasteiger partial charge in [-0.15, -0.1) is 0 Å². The molecular weight excluding hydrogens is 405 g/mol. The predicted molar refractivity (Wildman–Crippen MR) is 114 cm³/mol. The van der Waals surface area contributed by atoms with E-state index in [-0.39, 0.29) is 25.6 Å². The molecule has 0 heterocycles. The van der Waals surface area contributed by atoms with Crippen LogP contribution >= 0.6 is 7.37 Å². The molecular formula is C22H28NO6P. The summed E-state index contributed by atoms with van der Waals surface area (Å²) < 4.78 is 23.0. The number of methoxy groups -OCH3 is 1. The number of ether oxygens (including phenoxy) is 2. The molecule has 3 unspecified atom stereocenters. The Labute approximate surface area is 176 Å². The maximum Gasteiger partial charge on any atom is 0.408 e. The van der Waals surface area contributed by atoms with E-state index in [9.17, 15) is 19.0 Å². The summed E-state index contributed by atoms with van der Waals surface area (Å²) in [6, 6.07) is 18.3. The molecule has 0 aliphatic rings. The van der Waals surface area contributed by atoms with Crippen LogP contribution < -0.4 is 5.32 Å². The second-order valence-corrected chi connectivity index (χ2v) is 9.48. The van der Waals surface area contributed by atoms with Crippen molar-refractivity contribution in [1.29, 1.82) is 0 Å². The number of amides is 1. The van der Waals surface area contributed by atoms with Crippen molar-refractivity contribution < 1.29 is 28.5 Å². The first-order chi connectivity index (χ1) is 14.4. The summed E-state index contributed by atoms with van der Waals surface area (Å²) in [4.78, 5) is 35.0. The molecule has 0 spiro atoms. The largest absolute Gasteiger partial charge is 0.469 e. The van der Waals surface area contributed by atoms with Crippen LogP contribution in [0.25, 0.3) is 0 Å². The Kier molecular flexibility index (Phi) is 9.09. The molecule has 0 saturated carbocycles. The highest BCUT2D eigenvalue weighted by atomic mass is 31.2. The minimum Gasteiger partial charge on any atom is -0.469 e. The summed E-state index contributed by atoms with van der Waals surface area (Å²) in [5, 5.41) is 2.48. The molecule has 0 fully saturated rings. The van der Waals surface area contributed by atoms with Crippen LogP contribution in [-0.2, 0) is 31.9 Å². The molecule has 162 valence electrons. The molecule has 1 amide bonds. The molecule has 0 aromatic heterocycles. The Hall–Kier alpha value is -2.63. The van der Waals surface area contributed by atoms with Crippen LogP contribution in [0.15, 0.2) is 60.7 Å². The van der Waals surface area contributed by atoms with Gasteiger partial charge in [0.15, 0.2) is 0 Å². The molecule has 0 aliphatic carbocycles. The fourth-order valence-electron chi connectivity index (χ4n) is 3.12. The zero-order valence-corrected chi connectivity index (χ0v) is 18.1. The van der Waals surface area contributed by atoms with E-state index in [1.807, 2.05) is 60.7 Å². The number of hydrogen-bond acceptors (Lipinski definition) is 5. The standard InChI is InChI=1S/C22H28NO6P/c1-3-20(23-22(25)29-15-18-12-8-5-9-13-18)30(26,27)16-19(21(24)28-2)14-17-10-6-4-7-11-17/h4-13,19-20H,3,14-16H2,1-2H3,(H,23,25)(H,26,27). The van der Waals surface area contributed by atoms with E-state index >= 15 is 0 Å². The molecule has 2 rings (SSSR count). The zero-order chi connectivity index (χ0) is 22.0. The van der Waals surface area contributed by atoms with E-state index in [0.29, 0.717) is 0 Å². The van der Waals surface area contributed by atoms with Crippen LogP contribution in [0.5, 0.6) is 0 Å². The van der Waals surface area contributed by atoms with E-state index in [1.165, 1.54) is 7.11 Å². The number of carbonyl (C=O) groups is 2. The highest BCUT2D eigenvalue weighted by molar-refractivity contribution is 7.58. The number of benzene rings is 2. The fourth-order valence-corrected chi connectivity index (χ4v) is 5.16. The van der Waals surface area contributed by atoms with Crippen LogP contribution in [0.2, 0.25) is 0 Å². The van der Waals surface area contributed by atoms with Gasteiger partial charge in [0.2, 0.25) is 7.37 Å². The fraction of sp³-hybridized carbons (Fsp3) is 0.364. The van der Waals surface area contributed by atoms with Crippen LogP contribution in [0.1, 0.15) is 24.5 Å². The van der Waals surface area contributed by atoms with Gasteiger partial charge >= 0.3 is 12.1 Å². The Bertz CT molecular complexity index is 858. The second kappa shape index (κ2) is 11.5. The summed E-state index contributed by atoms with van der Waals surface area (Å²) in [6.45, 7) is 1.74. The maximum atomic E-state index is 13.1. The van der Waals surface area contributed by atoms with Gasteiger partial charge < -0.3 is 19.7 Å². The van der Waals surface area contributed by atoms with Gasteiger partial charge in [0.1, 0.15) is 12.4 Å². The predicted octanol–water partition coefficient (Wildman–Crippen LogP) is 3.95.